The fraction of sp³-hybridized carbons (Fsp3) is 0.316. The molecule has 6 heteroatoms. The molecule has 0 fully saturated rings. The van der Waals surface area contributed by atoms with Gasteiger partial charge in [0.25, 0.3) is 0 Å². The lowest BCUT2D eigenvalue weighted by atomic mass is 10.0. The van der Waals surface area contributed by atoms with Crippen molar-refractivity contribution in [3.05, 3.63) is 48.0 Å². The minimum atomic E-state index is -0.684. The van der Waals surface area contributed by atoms with Crippen molar-refractivity contribution in [3.8, 4) is 11.1 Å². The van der Waals surface area contributed by atoms with Crippen LogP contribution in [-0.4, -0.2) is 22.5 Å². The van der Waals surface area contributed by atoms with E-state index in [9.17, 15) is 14.0 Å². The van der Waals surface area contributed by atoms with Crippen molar-refractivity contribution in [1.82, 2.24) is 4.98 Å². The van der Waals surface area contributed by atoms with E-state index >= 15 is 0 Å². The smallest absolute Gasteiger partial charge is 0.412 e. The summed E-state index contributed by atoms with van der Waals surface area (Å²) in [7, 11) is 0. The summed E-state index contributed by atoms with van der Waals surface area (Å²) in [6.45, 7) is 6.94. The minimum Gasteiger partial charge on any atom is -0.444 e. The highest BCUT2D eigenvalue weighted by molar-refractivity contribution is 6.02. The van der Waals surface area contributed by atoms with Crippen LogP contribution in [-0.2, 0) is 4.74 Å². The first-order chi connectivity index (χ1) is 11.7. The van der Waals surface area contributed by atoms with Gasteiger partial charge in [-0.1, -0.05) is 19.1 Å². The van der Waals surface area contributed by atoms with Crippen molar-refractivity contribution in [3.63, 3.8) is 0 Å². The van der Waals surface area contributed by atoms with E-state index in [0.29, 0.717) is 11.1 Å². The molecule has 2 rings (SSSR count). The summed E-state index contributed by atoms with van der Waals surface area (Å²) in [6, 6.07) is 7.59. The Hall–Kier alpha value is -2.76. The highest BCUT2D eigenvalue weighted by atomic mass is 19.1. The lowest BCUT2D eigenvalue weighted by Crippen LogP contribution is -2.28. The molecule has 0 radical (unpaired) electrons. The predicted molar refractivity (Wildman–Crippen MR) is 94.1 cm³/mol. The zero-order chi connectivity index (χ0) is 18.6. The second kappa shape index (κ2) is 7.42. The number of benzene rings is 1. The molecule has 25 heavy (non-hydrogen) atoms. The van der Waals surface area contributed by atoms with Gasteiger partial charge >= 0.3 is 6.09 Å². The third-order valence-electron chi connectivity index (χ3n) is 3.27. The maximum atomic E-state index is 13.4. The van der Waals surface area contributed by atoms with E-state index in [4.69, 9.17) is 4.74 Å². The van der Waals surface area contributed by atoms with Crippen LogP contribution in [0.5, 0.6) is 0 Å². The standard InChI is InChI=1S/C19H21FN2O3/c1-5-16(23)17-15(22-18(24)25-19(2,3)4)10-13(11-21-17)12-7-6-8-14(20)9-12/h6-11H,5H2,1-4H3,(H,22,24). The fourth-order valence-electron chi connectivity index (χ4n) is 2.19. The number of hydrogen-bond acceptors (Lipinski definition) is 4. The Bertz CT molecular complexity index is 797. The summed E-state index contributed by atoms with van der Waals surface area (Å²) in [5, 5.41) is 2.57. The average Bonchev–Trinajstić information content (AvgIpc) is 2.52. The monoisotopic (exact) mass is 344 g/mol. The van der Waals surface area contributed by atoms with Crippen molar-refractivity contribution >= 4 is 17.6 Å². The van der Waals surface area contributed by atoms with Crippen LogP contribution in [0.1, 0.15) is 44.6 Å². The van der Waals surface area contributed by atoms with Gasteiger partial charge in [-0.15, -0.1) is 0 Å². The Morgan fingerprint density at radius 1 is 1.20 bits per heavy atom. The number of amides is 1. The zero-order valence-corrected chi connectivity index (χ0v) is 14.7. The highest BCUT2D eigenvalue weighted by Gasteiger charge is 2.20. The molecule has 2 aromatic rings. The van der Waals surface area contributed by atoms with Gasteiger partial charge in [0, 0.05) is 18.2 Å². The van der Waals surface area contributed by atoms with Gasteiger partial charge in [0.2, 0.25) is 0 Å². The number of anilines is 1. The Morgan fingerprint density at radius 3 is 2.52 bits per heavy atom. The van der Waals surface area contributed by atoms with Gasteiger partial charge in [0.15, 0.2) is 5.78 Å². The van der Waals surface area contributed by atoms with Crippen molar-refractivity contribution in [2.75, 3.05) is 5.32 Å². The highest BCUT2D eigenvalue weighted by Crippen LogP contribution is 2.26. The first-order valence-corrected chi connectivity index (χ1v) is 7.99. The van der Waals surface area contributed by atoms with Gasteiger partial charge in [-0.05, 0) is 44.5 Å². The van der Waals surface area contributed by atoms with E-state index in [0.717, 1.165) is 0 Å². The molecular formula is C19H21FN2O3. The summed E-state index contributed by atoms with van der Waals surface area (Å²) in [6.07, 6.45) is 1.05. The van der Waals surface area contributed by atoms with E-state index in [2.05, 4.69) is 10.3 Å². The molecule has 132 valence electrons. The summed E-state index contributed by atoms with van der Waals surface area (Å²) in [5.41, 5.74) is 0.886. The van der Waals surface area contributed by atoms with Crippen LogP contribution < -0.4 is 5.32 Å². The lowest BCUT2D eigenvalue weighted by molar-refractivity contribution is 0.0636. The van der Waals surface area contributed by atoms with E-state index in [-0.39, 0.29) is 29.4 Å². The largest absolute Gasteiger partial charge is 0.444 e. The summed E-state index contributed by atoms with van der Waals surface area (Å²) in [5.74, 6) is -0.593. The quantitative estimate of drug-likeness (QED) is 0.807. The van der Waals surface area contributed by atoms with Gasteiger partial charge < -0.3 is 4.74 Å². The number of pyridine rings is 1. The van der Waals surface area contributed by atoms with Crippen LogP contribution in [0.25, 0.3) is 11.1 Å². The molecule has 0 spiro atoms. The van der Waals surface area contributed by atoms with E-state index < -0.39 is 11.7 Å². The van der Waals surface area contributed by atoms with Crippen molar-refractivity contribution in [2.45, 2.75) is 39.7 Å². The second-order valence-electron chi connectivity index (χ2n) is 6.53. The lowest BCUT2D eigenvalue weighted by Gasteiger charge is -2.20. The first-order valence-electron chi connectivity index (χ1n) is 7.99. The molecule has 0 saturated carbocycles. The van der Waals surface area contributed by atoms with E-state index in [1.807, 2.05) is 0 Å². The van der Waals surface area contributed by atoms with E-state index in [1.165, 1.54) is 18.3 Å². The molecule has 1 aromatic heterocycles. The van der Waals surface area contributed by atoms with Crippen LogP contribution in [0.15, 0.2) is 36.5 Å². The molecule has 1 N–H and O–H groups in total. The van der Waals surface area contributed by atoms with Crippen molar-refractivity contribution < 1.29 is 18.7 Å². The summed E-state index contributed by atoms with van der Waals surface area (Å²) >= 11 is 0. The Balaban J connectivity index is 2.41. The molecule has 0 unspecified atom stereocenters. The number of halogens is 1. The summed E-state index contributed by atoms with van der Waals surface area (Å²) in [4.78, 5) is 28.3. The van der Waals surface area contributed by atoms with Gasteiger partial charge in [0.1, 0.15) is 17.1 Å². The van der Waals surface area contributed by atoms with Gasteiger partial charge in [-0.25, -0.2) is 9.18 Å². The van der Waals surface area contributed by atoms with Gasteiger partial charge in [0.05, 0.1) is 5.69 Å². The van der Waals surface area contributed by atoms with Crippen molar-refractivity contribution in [2.24, 2.45) is 0 Å². The third-order valence-corrected chi connectivity index (χ3v) is 3.27. The van der Waals surface area contributed by atoms with Crippen LogP contribution in [0.4, 0.5) is 14.9 Å². The number of rotatable bonds is 4. The normalized spacial score (nSPS) is 11.1. The molecule has 0 bridgehead atoms. The molecular weight excluding hydrogens is 323 g/mol. The average molecular weight is 344 g/mol. The number of aromatic nitrogens is 1. The second-order valence-corrected chi connectivity index (χ2v) is 6.53. The predicted octanol–water partition coefficient (Wildman–Crippen LogP) is 4.83. The number of Topliss-reactive ketones (excluding diaryl/α,β-unsaturated/α-hetero) is 1. The Kier molecular flexibility index (Phi) is 5.51. The molecule has 0 saturated heterocycles. The minimum absolute atomic E-state index is 0.147. The van der Waals surface area contributed by atoms with Gasteiger partial charge in [-0.3, -0.25) is 15.1 Å². The van der Waals surface area contributed by atoms with E-state index in [1.54, 1.807) is 45.9 Å². The maximum Gasteiger partial charge on any atom is 0.412 e. The number of ether oxygens (including phenoxy) is 1. The zero-order valence-electron chi connectivity index (χ0n) is 14.7. The van der Waals surface area contributed by atoms with Crippen LogP contribution >= 0.6 is 0 Å². The number of carbonyl (C=O) groups excluding carboxylic acids is 2. The third kappa shape index (κ3) is 5.11. The Morgan fingerprint density at radius 2 is 1.92 bits per heavy atom. The molecule has 0 aliphatic carbocycles. The van der Waals surface area contributed by atoms with Gasteiger partial charge in [-0.2, -0.15) is 0 Å². The number of nitrogens with one attached hydrogen (secondary N) is 1. The number of carbonyl (C=O) groups is 2. The van der Waals surface area contributed by atoms with Crippen molar-refractivity contribution in [1.29, 1.82) is 0 Å². The van der Waals surface area contributed by atoms with Crippen LogP contribution in [0.2, 0.25) is 0 Å². The van der Waals surface area contributed by atoms with Crippen LogP contribution in [0, 0.1) is 5.82 Å². The number of ketones is 1. The SMILES string of the molecule is CCC(=O)c1ncc(-c2cccc(F)c2)cc1NC(=O)OC(C)(C)C. The molecule has 0 aliphatic rings. The Labute approximate surface area is 146 Å². The molecule has 1 amide bonds. The fourth-order valence-corrected chi connectivity index (χ4v) is 2.19. The molecule has 5 nitrogen and oxygen atoms in total. The summed E-state index contributed by atoms with van der Waals surface area (Å²) < 4.78 is 18.7. The topological polar surface area (TPSA) is 68.3 Å². The molecule has 1 heterocycles. The molecule has 0 aliphatic heterocycles. The first kappa shape index (κ1) is 18.6. The maximum absolute atomic E-state index is 13.4. The number of nitrogens with zero attached hydrogens (tertiary/aromatic N) is 1. The van der Waals surface area contributed by atoms with Crippen LogP contribution in [0.3, 0.4) is 0 Å². The molecule has 0 atom stereocenters. The number of hydrogen-bond donors (Lipinski definition) is 1. The molecule has 1 aromatic carbocycles.